The van der Waals surface area contributed by atoms with E-state index >= 15 is 0 Å². The molecule has 3 aromatic rings. The number of anilines is 1. The summed E-state index contributed by atoms with van der Waals surface area (Å²) in [5, 5.41) is 3.19. The van der Waals surface area contributed by atoms with Gasteiger partial charge in [0.2, 0.25) is 0 Å². The first-order valence-corrected chi connectivity index (χ1v) is 9.39. The molecule has 0 bridgehead atoms. The zero-order valence-corrected chi connectivity index (χ0v) is 17.3. The lowest BCUT2D eigenvalue weighted by Gasteiger charge is -2.17. The second-order valence-corrected chi connectivity index (χ2v) is 7.04. The topological polar surface area (TPSA) is 30.5 Å². The first kappa shape index (κ1) is 20.6. The van der Waals surface area contributed by atoms with Gasteiger partial charge in [-0.1, -0.05) is 12.1 Å². The minimum Gasteiger partial charge on any atom is -0.496 e. The van der Waals surface area contributed by atoms with E-state index < -0.39 is 11.6 Å². The number of halogens is 2. The van der Waals surface area contributed by atoms with Crippen molar-refractivity contribution in [3.63, 3.8) is 0 Å². The fourth-order valence-corrected chi connectivity index (χ4v) is 3.42. The maximum absolute atomic E-state index is 13.8. The number of rotatable bonds is 6. The van der Waals surface area contributed by atoms with Crippen LogP contribution in [0.2, 0.25) is 0 Å². The molecule has 0 spiro atoms. The summed E-state index contributed by atoms with van der Waals surface area (Å²) in [6.45, 7) is 6.32. The number of hydrogen-bond acceptors (Lipinski definition) is 3. The molecule has 0 amide bonds. The lowest BCUT2D eigenvalue weighted by molar-refractivity contribution is 0.304. The molecule has 152 valence electrons. The fourth-order valence-electron chi connectivity index (χ4n) is 3.42. The molecule has 0 aromatic heterocycles. The van der Waals surface area contributed by atoms with Crippen LogP contribution in [0.15, 0.2) is 42.5 Å². The van der Waals surface area contributed by atoms with E-state index in [4.69, 9.17) is 9.47 Å². The van der Waals surface area contributed by atoms with Gasteiger partial charge in [-0.3, -0.25) is 0 Å². The SMILES string of the molecule is CNc1cccc(C)c1COc1cc(C)c(-c2cc(F)c(F)cc2OC)cc1C. The second-order valence-electron chi connectivity index (χ2n) is 7.04. The van der Waals surface area contributed by atoms with Crippen molar-refractivity contribution in [2.45, 2.75) is 27.4 Å². The van der Waals surface area contributed by atoms with E-state index in [1.165, 1.54) is 13.2 Å². The smallest absolute Gasteiger partial charge is 0.162 e. The molecule has 0 atom stereocenters. The number of methoxy groups -OCH3 is 1. The average Bonchev–Trinajstić information content (AvgIpc) is 2.70. The Morgan fingerprint density at radius 3 is 2.24 bits per heavy atom. The largest absolute Gasteiger partial charge is 0.496 e. The highest BCUT2D eigenvalue weighted by atomic mass is 19.2. The van der Waals surface area contributed by atoms with Crippen molar-refractivity contribution < 1.29 is 18.3 Å². The van der Waals surface area contributed by atoms with E-state index in [9.17, 15) is 8.78 Å². The first-order valence-electron chi connectivity index (χ1n) is 9.39. The summed E-state index contributed by atoms with van der Waals surface area (Å²) in [7, 11) is 3.33. The molecule has 3 rings (SSSR count). The predicted molar refractivity (Wildman–Crippen MR) is 113 cm³/mol. The highest BCUT2D eigenvalue weighted by Crippen LogP contribution is 2.37. The van der Waals surface area contributed by atoms with Crippen LogP contribution >= 0.6 is 0 Å². The molecule has 0 aliphatic carbocycles. The van der Waals surface area contributed by atoms with Gasteiger partial charge in [0.1, 0.15) is 18.1 Å². The average molecular weight is 397 g/mol. The van der Waals surface area contributed by atoms with E-state index in [-0.39, 0.29) is 0 Å². The van der Waals surface area contributed by atoms with Gasteiger partial charge in [0.15, 0.2) is 11.6 Å². The lowest BCUT2D eigenvalue weighted by atomic mass is 9.96. The Balaban J connectivity index is 1.95. The Morgan fingerprint density at radius 1 is 0.828 bits per heavy atom. The molecule has 5 heteroatoms. The summed E-state index contributed by atoms with van der Waals surface area (Å²) in [5.41, 5.74) is 6.34. The van der Waals surface area contributed by atoms with E-state index in [0.717, 1.165) is 45.3 Å². The summed E-state index contributed by atoms with van der Waals surface area (Å²) in [6.07, 6.45) is 0. The van der Waals surface area contributed by atoms with E-state index in [1.54, 1.807) is 0 Å². The first-order chi connectivity index (χ1) is 13.8. The van der Waals surface area contributed by atoms with Crippen LogP contribution in [0, 0.1) is 32.4 Å². The summed E-state index contributed by atoms with van der Waals surface area (Å²) in [5.74, 6) is -0.799. The molecular formula is C24H25F2NO2. The van der Waals surface area contributed by atoms with Crippen LogP contribution < -0.4 is 14.8 Å². The molecule has 0 radical (unpaired) electrons. The Morgan fingerprint density at radius 2 is 1.55 bits per heavy atom. The third-order valence-electron chi connectivity index (χ3n) is 5.11. The van der Waals surface area contributed by atoms with Crippen LogP contribution in [0.4, 0.5) is 14.5 Å². The number of nitrogens with one attached hydrogen (secondary N) is 1. The normalized spacial score (nSPS) is 10.7. The molecule has 1 N–H and O–H groups in total. The highest BCUT2D eigenvalue weighted by molar-refractivity contribution is 5.75. The molecule has 0 aliphatic heterocycles. The second kappa shape index (κ2) is 8.52. The van der Waals surface area contributed by atoms with Gasteiger partial charge in [-0.05, 0) is 67.3 Å². The zero-order chi connectivity index (χ0) is 21.1. The van der Waals surface area contributed by atoms with Crippen molar-refractivity contribution >= 4 is 5.69 Å². The molecule has 0 saturated heterocycles. The Bertz CT molecular complexity index is 1050. The fraction of sp³-hybridized carbons (Fsp3) is 0.250. The minimum absolute atomic E-state index is 0.290. The van der Waals surface area contributed by atoms with Crippen LogP contribution in [-0.2, 0) is 6.61 Å². The molecule has 0 heterocycles. The van der Waals surface area contributed by atoms with Crippen molar-refractivity contribution in [2.75, 3.05) is 19.5 Å². The Labute approximate surface area is 170 Å². The molecule has 29 heavy (non-hydrogen) atoms. The van der Waals surface area contributed by atoms with Crippen molar-refractivity contribution in [1.82, 2.24) is 0 Å². The van der Waals surface area contributed by atoms with Crippen molar-refractivity contribution in [1.29, 1.82) is 0 Å². The van der Waals surface area contributed by atoms with Crippen LogP contribution in [0.1, 0.15) is 22.3 Å². The maximum atomic E-state index is 13.8. The summed E-state index contributed by atoms with van der Waals surface area (Å²) < 4.78 is 38.8. The third-order valence-corrected chi connectivity index (χ3v) is 5.11. The van der Waals surface area contributed by atoms with Gasteiger partial charge in [0.05, 0.1) is 7.11 Å². The number of aryl methyl sites for hydroxylation is 3. The van der Waals surface area contributed by atoms with Gasteiger partial charge < -0.3 is 14.8 Å². The van der Waals surface area contributed by atoms with E-state index in [1.807, 2.05) is 45.2 Å². The van der Waals surface area contributed by atoms with Crippen molar-refractivity contribution in [3.05, 3.63) is 76.4 Å². The molecule has 0 aliphatic rings. The van der Waals surface area contributed by atoms with Crippen molar-refractivity contribution in [2.24, 2.45) is 0 Å². The third kappa shape index (κ3) is 4.19. The van der Waals surface area contributed by atoms with Crippen LogP contribution in [0.25, 0.3) is 11.1 Å². The van der Waals surface area contributed by atoms with Crippen LogP contribution in [-0.4, -0.2) is 14.2 Å². The Kier molecular flexibility index (Phi) is 6.06. The summed E-state index contributed by atoms with van der Waals surface area (Å²) in [4.78, 5) is 0. The van der Waals surface area contributed by atoms with Gasteiger partial charge >= 0.3 is 0 Å². The molecular weight excluding hydrogens is 372 g/mol. The molecule has 0 unspecified atom stereocenters. The number of hydrogen-bond donors (Lipinski definition) is 1. The van der Waals surface area contributed by atoms with Gasteiger partial charge in [-0.2, -0.15) is 0 Å². The van der Waals surface area contributed by atoms with E-state index in [2.05, 4.69) is 18.3 Å². The molecule has 3 nitrogen and oxygen atoms in total. The standard InChI is InChI=1S/C24H25F2NO2/c1-14-7-6-8-22(27-4)19(14)13-29-23-10-15(2)17(9-16(23)3)18-11-20(25)21(26)12-24(18)28-5/h6-12,27H,13H2,1-5H3. The molecule has 0 saturated carbocycles. The van der Waals surface area contributed by atoms with Gasteiger partial charge in [0, 0.05) is 29.9 Å². The van der Waals surface area contributed by atoms with Crippen LogP contribution in [0.5, 0.6) is 11.5 Å². The van der Waals surface area contributed by atoms with Gasteiger partial charge in [0.25, 0.3) is 0 Å². The minimum atomic E-state index is -0.932. The van der Waals surface area contributed by atoms with E-state index in [0.29, 0.717) is 17.9 Å². The predicted octanol–water partition coefficient (Wildman–Crippen LogP) is 6.19. The van der Waals surface area contributed by atoms with Crippen molar-refractivity contribution in [3.8, 4) is 22.6 Å². The number of benzene rings is 3. The number of ether oxygens (including phenoxy) is 2. The summed E-state index contributed by atoms with van der Waals surface area (Å²) >= 11 is 0. The highest BCUT2D eigenvalue weighted by Gasteiger charge is 2.16. The quantitative estimate of drug-likeness (QED) is 0.538. The van der Waals surface area contributed by atoms with Gasteiger partial charge in [-0.15, -0.1) is 0 Å². The molecule has 0 fully saturated rings. The lowest BCUT2D eigenvalue weighted by Crippen LogP contribution is -2.04. The molecule has 3 aromatic carbocycles. The zero-order valence-electron chi connectivity index (χ0n) is 17.3. The van der Waals surface area contributed by atoms with Gasteiger partial charge in [-0.25, -0.2) is 8.78 Å². The summed E-state index contributed by atoms with van der Waals surface area (Å²) in [6, 6.07) is 12.1. The monoisotopic (exact) mass is 397 g/mol. The Hall–Kier alpha value is -3.08. The van der Waals surface area contributed by atoms with Crippen LogP contribution in [0.3, 0.4) is 0 Å². The maximum Gasteiger partial charge on any atom is 0.162 e.